The highest BCUT2D eigenvalue weighted by Crippen LogP contribution is 2.81. The first-order valence-electron chi connectivity index (χ1n) is 12.1. The van der Waals surface area contributed by atoms with Crippen LogP contribution in [0.2, 0.25) is 0 Å². The van der Waals surface area contributed by atoms with Crippen molar-refractivity contribution in [1.29, 1.82) is 0 Å². The lowest BCUT2D eigenvalue weighted by Crippen LogP contribution is -2.67. The fraction of sp³-hybridized carbons (Fsp3) is 0.615. The van der Waals surface area contributed by atoms with E-state index in [4.69, 9.17) is 0 Å². The first-order valence-corrected chi connectivity index (χ1v) is 13.8. The average Bonchev–Trinajstić information content (AvgIpc) is 3.23. The molecular formula is C26H34N2O3S. The van der Waals surface area contributed by atoms with Crippen molar-refractivity contribution in [1.82, 2.24) is 10.0 Å². The minimum atomic E-state index is -3.56. The van der Waals surface area contributed by atoms with E-state index in [9.17, 15) is 13.5 Å². The van der Waals surface area contributed by atoms with E-state index in [2.05, 4.69) is 10.0 Å². The smallest absolute Gasteiger partial charge is 0.212 e. The lowest BCUT2D eigenvalue weighted by atomic mass is 9.38. The van der Waals surface area contributed by atoms with E-state index in [1.807, 2.05) is 42.5 Å². The highest BCUT2D eigenvalue weighted by molar-refractivity contribution is 7.89. The fourth-order valence-electron chi connectivity index (χ4n) is 7.93. The predicted octanol–water partition coefficient (Wildman–Crippen LogP) is 3.42. The largest absolute Gasteiger partial charge is 0.377 e. The third kappa shape index (κ3) is 3.03. The van der Waals surface area contributed by atoms with Crippen molar-refractivity contribution in [3.8, 4) is 0 Å². The molecule has 0 heterocycles. The number of aliphatic hydroxyl groups excluding tert-OH is 1. The zero-order valence-electron chi connectivity index (χ0n) is 18.9. The summed E-state index contributed by atoms with van der Waals surface area (Å²) in [6.45, 7) is 3.56. The van der Waals surface area contributed by atoms with Crippen LogP contribution in [0.25, 0.3) is 10.8 Å². The van der Waals surface area contributed by atoms with Crippen molar-refractivity contribution in [3.05, 3.63) is 48.0 Å². The van der Waals surface area contributed by atoms with Gasteiger partial charge in [0.2, 0.25) is 10.0 Å². The maximum Gasteiger partial charge on any atom is 0.212 e. The molecule has 0 radical (unpaired) electrons. The fourth-order valence-corrected chi connectivity index (χ4v) is 9.44. The van der Waals surface area contributed by atoms with E-state index >= 15 is 0 Å². The summed E-state index contributed by atoms with van der Waals surface area (Å²) in [6, 6.07) is 14.4. The van der Waals surface area contributed by atoms with Gasteiger partial charge >= 0.3 is 0 Å². The molecule has 7 atom stereocenters. The van der Waals surface area contributed by atoms with E-state index in [1.165, 1.54) is 25.7 Å². The molecule has 2 aromatic carbocycles. The molecule has 0 aliphatic heterocycles. The molecule has 3 N–H and O–H groups in total. The lowest BCUT2D eigenvalue weighted by Gasteiger charge is -2.68. The Labute approximate surface area is 191 Å². The van der Waals surface area contributed by atoms with E-state index < -0.39 is 21.8 Å². The SMILES string of the molecule is CC(C)(NS(=O)(=O)CCc1cccc2ccccc12)C(O)NC1C2CC3CC4CC1C34C2. The average molecular weight is 455 g/mol. The third-order valence-corrected chi connectivity index (χ3v) is 11.0. The van der Waals surface area contributed by atoms with Gasteiger partial charge < -0.3 is 5.11 Å². The number of hydrogen-bond donors (Lipinski definition) is 3. The molecule has 1 spiro atoms. The Hall–Kier alpha value is -1.47. The first kappa shape index (κ1) is 21.1. The maximum absolute atomic E-state index is 13.0. The normalized spacial score (nSPS) is 35.9. The highest BCUT2D eigenvalue weighted by Gasteiger charge is 2.76. The molecule has 2 aromatic rings. The Bertz CT molecular complexity index is 1160. The molecule has 6 rings (SSSR count). The zero-order chi connectivity index (χ0) is 22.3. The van der Waals surface area contributed by atoms with Gasteiger partial charge in [-0.05, 0) is 91.4 Å². The van der Waals surface area contributed by atoms with Gasteiger partial charge in [-0.1, -0.05) is 42.5 Å². The zero-order valence-corrected chi connectivity index (χ0v) is 19.7. The van der Waals surface area contributed by atoms with Gasteiger partial charge in [0.05, 0.1) is 11.3 Å². The molecule has 4 aliphatic rings. The van der Waals surface area contributed by atoms with Gasteiger partial charge in [-0.15, -0.1) is 0 Å². The van der Waals surface area contributed by atoms with Crippen molar-refractivity contribution < 1.29 is 13.5 Å². The van der Waals surface area contributed by atoms with Gasteiger partial charge in [-0.2, -0.15) is 0 Å². The summed E-state index contributed by atoms with van der Waals surface area (Å²) in [5.74, 6) is 3.17. The van der Waals surface area contributed by atoms with E-state index in [0.717, 1.165) is 28.2 Å². The Morgan fingerprint density at radius 3 is 2.62 bits per heavy atom. The van der Waals surface area contributed by atoms with Crippen LogP contribution in [-0.2, 0) is 16.4 Å². The number of nitrogens with one attached hydrogen (secondary N) is 2. The van der Waals surface area contributed by atoms with Gasteiger partial charge in [-0.25, -0.2) is 13.1 Å². The Balaban J connectivity index is 1.10. The standard InChI is InChI=1S/C26H34N2O3S/c1-25(2,24(29)27-23-18-12-19-13-20-14-22(23)26(19,20)15-18)28-32(30,31)11-10-17-8-5-7-16-6-3-4-9-21(16)17/h3-9,18-20,22-24,27-29H,10-15H2,1-2H3. The number of rotatable bonds is 8. The molecule has 172 valence electrons. The van der Waals surface area contributed by atoms with Crippen LogP contribution < -0.4 is 10.0 Å². The van der Waals surface area contributed by atoms with Gasteiger partial charge in [-0.3, -0.25) is 5.32 Å². The van der Waals surface area contributed by atoms with E-state index in [-0.39, 0.29) is 5.75 Å². The van der Waals surface area contributed by atoms with Gasteiger partial charge in [0.15, 0.2) is 0 Å². The van der Waals surface area contributed by atoms with Crippen molar-refractivity contribution in [3.63, 3.8) is 0 Å². The van der Waals surface area contributed by atoms with Crippen LogP contribution in [0.15, 0.2) is 42.5 Å². The topological polar surface area (TPSA) is 78.4 Å². The number of aryl methyl sites for hydroxylation is 1. The van der Waals surface area contributed by atoms with Crippen LogP contribution in [-0.4, -0.2) is 37.1 Å². The van der Waals surface area contributed by atoms with Crippen molar-refractivity contribution >= 4 is 20.8 Å². The van der Waals surface area contributed by atoms with Gasteiger partial charge in [0, 0.05) is 6.04 Å². The van der Waals surface area contributed by atoms with E-state index in [1.54, 1.807) is 13.8 Å². The summed E-state index contributed by atoms with van der Waals surface area (Å²) in [6.07, 6.45) is 4.84. The second-order valence-electron chi connectivity index (χ2n) is 11.4. The van der Waals surface area contributed by atoms with Crippen molar-refractivity contribution in [2.24, 2.45) is 29.1 Å². The number of benzene rings is 2. The van der Waals surface area contributed by atoms with Gasteiger partial charge in [0.25, 0.3) is 0 Å². The summed E-state index contributed by atoms with van der Waals surface area (Å²) in [4.78, 5) is 0. The predicted molar refractivity (Wildman–Crippen MR) is 126 cm³/mol. The van der Waals surface area contributed by atoms with Crippen molar-refractivity contribution in [2.45, 2.75) is 63.8 Å². The molecule has 7 unspecified atom stereocenters. The molecule has 2 bridgehead atoms. The second-order valence-corrected chi connectivity index (χ2v) is 13.3. The molecule has 32 heavy (non-hydrogen) atoms. The van der Waals surface area contributed by atoms with Crippen LogP contribution in [0.5, 0.6) is 0 Å². The van der Waals surface area contributed by atoms with Crippen LogP contribution in [0.1, 0.15) is 45.1 Å². The van der Waals surface area contributed by atoms with Crippen LogP contribution in [0, 0.1) is 29.1 Å². The Kier molecular flexibility index (Phi) is 4.62. The van der Waals surface area contributed by atoms with E-state index in [0.29, 0.717) is 29.7 Å². The third-order valence-electron chi connectivity index (χ3n) is 9.43. The molecule has 5 nitrogen and oxygen atoms in total. The van der Waals surface area contributed by atoms with Crippen LogP contribution >= 0.6 is 0 Å². The lowest BCUT2D eigenvalue weighted by molar-refractivity contribution is -0.187. The van der Waals surface area contributed by atoms with Crippen LogP contribution in [0.3, 0.4) is 0 Å². The number of aliphatic hydroxyl groups is 1. The summed E-state index contributed by atoms with van der Waals surface area (Å²) in [5.41, 5.74) is 0.629. The second kappa shape index (κ2) is 7.02. The Morgan fingerprint density at radius 2 is 1.84 bits per heavy atom. The minimum absolute atomic E-state index is 0.00168. The highest BCUT2D eigenvalue weighted by atomic mass is 32.2. The monoisotopic (exact) mass is 454 g/mol. The minimum Gasteiger partial charge on any atom is -0.377 e. The molecular weight excluding hydrogens is 420 g/mol. The Morgan fingerprint density at radius 1 is 1.09 bits per heavy atom. The molecule has 4 saturated carbocycles. The molecule has 0 amide bonds. The number of fused-ring (bicyclic) bond motifs is 2. The number of hydrogen-bond acceptors (Lipinski definition) is 4. The molecule has 4 aliphatic carbocycles. The number of sulfonamides is 1. The molecule has 4 fully saturated rings. The summed E-state index contributed by atoms with van der Waals surface area (Å²) in [5, 5.41) is 16.7. The summed E-state index contributed by atoms with van der Waals surface area (Å²) in [7, 11) is -3.56. The summed E-state index contributed by atoms with van der Waals surface area (Å²) < 4.78 is 28.7. The molecule has 0 aromatic heterocycles. The van der Waals surface area contributed by atoms with Gasteiger partial charge in [0.1, 0.15) is 6.23 Å². The maximum atomic E-state index is 13.0. The summed E-state index contributed by atoms with van der Waals surface area (Å²) >= 11 is 0. The first-order chi connectivity index (χ1) is 15.2. The molecule has 0 saturated heterocycles. The molecule has 6 heteroatoms. The van der Waals surface area contributed by atoms with Crippen LogP contribution in [0.4, 0.5) is 0 Å². The quantitative estimate of drug-likeness (QED) is 0.534. The van der Waals surface area contributed by atoms with Crippen molar-refractivity contribution in [2.75, 3.05) is 5.75 Å².